The van der Waals surface area contributed by atoms with Crippen LogP contribution in [0.3, 0.4) is 0 Å². The monoisotopic (exact) mass is 242 g/mol. The summed E-state index contributed by atoms with van der Waals surface area (Å²) >= 11 is 0. The zero-order valence-electron chi connectivity index (χ0n) is 10.7. The lowest BCUT2D eigenvalue weighted by molar-refractivity contribution is -0.115. The average molecular weight is 242 g/mol. The molecule has 0 spiro atoms. The second-order valence-corrected chi connectivity index (χ2v) is 5.41. The molecular weight excluding hydrogens is 224 g/mol. The molecule has 1 unspecified atom stereocenters. The highest BCUT2D eigenvalue weighted by Gasteiger charge is 2.41. The van der Waals surface area contributed by atoms with Gasteiger partial charge in [-0.2, -0.15) is 0 Å². The third-order valence-corrected chi connectivity index (χ3v) is 4.62. The van der Waals surface area contributed by atoms with Gasteiger partial charge in [-0.05, 0) is 55.0 Å². The van der Waals surface area contributed by atoms with Crippen LogP contribution in [0, 0.1) is 0 Å². The number of hydrogen-bond acceptors (Lipinski definition) is 2. The summed E-state index contributed by atoms with van der Waals surface area (Å²) in [6.07, 6.45) is 6.37. The Morgan fingerprint density at radius 1 is 1.28 bits per heavy atom. The van der Waals surface area contributed by atoms with E-state index in [0.29, 0.717) is 12.2 Å². The van der Waals surface area contributed by atoms with Crippen molar-refractivity contribution in [2.75, 3.05) is 0 Å². The quantitative estimate of drug-likeness (QED) is 0.820. The van der Waals surface area contributed by atoms with Crippen LogP contribution in [0.2, 0.25) is 0 Å². The zero-order chi connectivity index (χ0) is 12.8. The largest absolute Gasteiger partial charge is 0.508 e. The lowest BCUT2D eigenvalue weighted by Crippen LogP contribution is -2.36. The summed E-state index contributed by atoms with van der Waals surface area (Å²) in [4.78, 5) is 11.6. The number of ketones is 1. The van der Waals surface area contributed by atoms with Gasteiger partial charge in [0.1, 0.15) is 5.75 Å². The van der Waals surface area contributed by atoms with Crippen molar-refractivity contribution in [3.8, 4) is 5.75 Å². The van der Waals surface area contributed by atoms with E-state index < -0.39 is 0 Å². The number of hydrogen-bond donors (Lipinski definition) is 1. The van der Waals surface area contributed by atoms with Crippen LogP contribution in [0.25, 0.3) is 0 Å². The lowest BCUT2D eigenvalue weighted by atomic mass is 9.60. The van der Waals surface area contributed by atoms with Gasteiger partial charge in [0.05, 0.1) is 0 Å². The Hall–Kier alpha value is -1.57. The molecule has 0 radical (unpaired) electrons. The highest BCUT2D eigenvalue weighted by atomic mass is 16.3. The summed E-state index contributed by atoms with van der Waals surface area (Å²) in [5.74, 6) is 0.621. The molecule has 2 aliphatic carbocycles. The molecule has 3 rings (SSSR count). The minimum Gasteiger partial charge on any atom is -0.508 e. The molecule has 0 amide bonds. The number of phenolic OH excluding ortho intramolecular Hbond substituents is 1. The van der Waals surface area contributed by atoms with Gasteiger partial charge in [-0.25, -0.2) is 0 Å². The second-order valence-electron chi connectivity index (χ2n) is 5.41. The summed E-state index contributed by atoms with van der Waals surface area (Å²) < 4.78 is 0. The van der Waals surface area contributed by atoms with E-state index >= 15 is 0 Å². The van der Waals surface area contributed by atoms with Crippen molar-refractivity contribution in [1.29, 1.82) is 0 Å². The molecule has 0 aliphatic heterocycles. The standard InChI is InChI=1S/C16H18O2/c1-2-16-8-7-14(18)10-12(16)4-3-11-9-13(17)5-6-15(11)16/h5-6,9-10,17H,2-4,7-8H2,1H3. The molecule has 0 bridgehead atoms. The number of rotatable bonds is 1. The first-order valence-corrected chi connectivity index (χ1v) is 6.72. The van der Waals surface area contributed by atoms with Gasteiger partial charge in [-0.15, -0.1) is 0 Å². The number of phenols is 1. The van der Waals surface area contributed by atoms with Gasteiger partial charge in [-0.3, -0.25) is 4.79 Å². The molecule has 1 atom stereocenters. The van der Waals surface area contributed by atoms with E-state index in [0.717, 1.165) is 25.7 Å². The van der Waals surface area contributed by atoms with E-state index in [4.69, 9.17) is 0 Å². The Balaban J connectivity index is 2.19. The second kappa shape index (κ2) is 3.98. The summed E-state index contributed by atoms with van der Waals surface area (Å²) in [5.41, 5.74) is 3.94. The van der Waals surface area contributed by atoms with E-state index in [-0.39, 0.29) is 11.2 Å². The van der Waals surface area contributed by atoms with E-state index in [9.17, 15) is 9.90 Å². The molecule has 0 saturated carbocycles. The lowest BCUT2D eigenvalue weighted by Gasteiger charge is -2.43. The number of aromatic hydroxyl groups is 1. The number of benzene rings is 1. The van der Waals surface area contributed by atoms with Crippen LogP contribution in [-0.2, 0) is 16.6 Å². The maximum Gasteiger partial charge on any atom is 0.155 e. The molecule has 2 heteroatoms. The van der Waals surface area contributed by atoms with Crippen molar-refractivity contribution in [2.24, 2.45) is 0 Å². The third-order valence-electron chi connectivity index (χ3n) is 4.62. The number of aryl methyl sites for hydroxylation is 1. The third kappa shape index (κ3) is 1.52. The minimum atomic E-state index is 0.0508. The SMILES string of the molecule is CCC12CCC(=O)C=C1CCc1cc(O)ccc12. The summed E-state index contributed by atoms with van der Waals surface area (Å²) in [7, 11) is 0. The molecule has 0 aromatic heterocycles. The Morgan fingerprint density at radius 2 is 2.11 bits per heavy atom. The Labute approximate surface area is 107 Å². The van der Waals surface area contributed by atoms with Crippen LogP contribution in [0.1, 0.15) is 43.7 Å². The Bertz CT molecular complexity index is 542. The molecule has 18 heavy (non-hydrogen) atoms. The van der Waals surface area contributed by atoms with E-state index in [1.54, 1.807) is 6.07 Å². The van der Waals surface area contributed by atoms with Gasteiger partial charge in [0.15, 0.2) is 5.78 Å². The molecule has 2 nitrogen and oxygen atoms in total. The van der Waals surface area contributed by atoms with Gasteiger partial charge >= 0.3 is 0 Å². The van der Waals surface area contributed by atoms with Crippen molar-refractivity contribution in [3.63, 3.8) is 0 Å². The Kier molecular flexibility index (Phi) is 2.54. The van der Waals surface area contributed by atoms with E-state index in [1.165, 1.54) is 16.7 Å². The van der Waals surface area contributed by atoms with Crippen LogP contribution < -0.4 is 0 Å². The highest BCUT2D eigenvalue weighted by molar-refractivity contribution is 5.92. The average Bonchev–Trinajstić information content (AvgIpc) is 2.38. The molecule has 1 aromatic rings. The highest BCUT2D eigenvalue weighted by Crippen LogP contribution is 2.49. The fourth-order valence-electron chi connectivity index (χ4n) is 3.64. The van der Waals surface area contributed by atoms with Crippen LogP contribution in [0.15, 0.2) is 29.8 Å². The van der Waals surface area contributed by atoms with Crippen molar-refractivity contribution < 1.29 is 9.90 Å². The van der Waals surface area contributed by atoms with Crippen molar-refractivity contribution >= 4 is 5.78 Å². The number of carbonyl (C=O) groups is 1. The number of fused-ring (bicyclic) bond motifs is 3. The van der Waals surface area contributed by atoms with Gasteiger partial charge in [0.2, 0.25) is 0 Å². The maximum atomic E-state index is 11.6. The molecule has 94 valence electrons. The van der Waals surface area contributed by atoms with Crippen LogP contribution in [-0.4, -0.2) is 10.9 Å². The fraction of sp³-hybridized carbons (Fsp3) is 0.438. The van der Waals surface area contributed by atoms with Gasteiger partial charge < -0.3 is 5.11 Å². The van der Waals surface area contributed by atoms with Crippen molar-refractivity contribution in [3.05, 3.63) is 41.0 Å². The minimum absolute atomic E-state index is 0.0508. The molecule has 0 saturated heterocycles. The smallest absolute Gasteiger partial charge is 0.155 e. The molecule has 0 heterocycles. The molecule has 0 fully saturated rings. The summed E-state index contributed by atoms with van der Waals surface area (Å²) in [6.45, 7) is 2.20. The van der Waals surface area contributed by atoms with Crippen LogP contribution in [0.5, 0.6) is 5.75 Å². The first kappa shape index (κ1) is 11.5. The zero-order valence-corrected chi connectivity index (χ0v) is 10.7. The molecular formula is C16H18O2. The first-order chi connectivity index (χ1) is 8.65. The van der Waals surface area contributed by atoms with Gasteiger partial charge in [0, 0.05) is 11.8 Å². The van der Waals surface area contributed by atoms with Gasteiger partial charge in [0.25, 0.3) is 0 Å². The normalized spacial score (nSPS) is 26.3. The molecule has 1 aromatic carbocycles. The first-order valence-electron chi connectivity index (χ1n) is 6.72. The predicted molar refractivity (Wildman–Crippen MR) is 70.7 cm³/mol. The van der Waals surface area contributed by atoms with E-state index in [2.05, 4.69) is 13.0 Å². The topological polar surface area (TPSA) is 37.3 Å². The van der Waals surface area contributed by atoms with Crippen LogP contribution in [0.4, 0.5) is 0 Å². The van der Waals surface area contributed by atoms with Gasteiger partial charge in [-0.1, -0.05) is 18.6 Å². The molecule has 2 aliphatic rings. The molecule has 1 N–H and O–H groups in total. The van der Waals surface area contributed by atoms with Crippen molar-refractivity contribution in [2.45, 2.75) is 44.4 Å². The Morgan fingerprint density at radius 3 is 2.89 bits per heavy atom. The number of carbonyl (C=O) groups excluding carboxylic acids is 1. The van der Waals surface area contributed by atoms with Crippen molar-refractivity contribution in [1.82, 2.24) is 0 Å². The fourth-order valence-corrected chi connectivity index (χ4v) is 3.64. The van der Waals surface area contributed by atoms with Crippen LogP contribution >= 0.6 is 0 Å². The van der Waals surface area contributed by atoms with E-state index in [1.807, 2.05) is 12.1 Å². The maximum absolute atomic E-state index is 11.6. The summed E-state index contributed by atoms with van der Waals surface area (Å²) in [5, 5.41) is 9.61. The summed E-state index contributed by atoms with van der Waals surface area (Å²) in [6, 6.07) is 5.71. The number of allylic oxidation sites excluding steroid dienone is 2. The predicted octanol–water partition coefficient (Wildman–Crippen LogP) is 3.28.